The molecule has 0 fully saturated rings. The number of anilines is 1. The predicted octanol–water partition coefficient (Wildman–Crippen LogP) is 3.52. The van der Waals surface area contributed by atoms with Crippen molar-refractivity contribution < 1.29 is 0 Å². The van der Waals surface area contributed by atoms with Crippen molar-refractivity contribution in [3.8, 4) is 0 Å². The van der Waals surface area contributed by atoms with Gasteiger partial charge in [0.2, 0.25) is 0 Å². The molecule has 0 spiro atoms. The lowest BCUT2D eigenvalue weighted by Gasteiger charge is -2.14. The fraction of sp³-hybridized carbons (Fsp3) is 0.364. The Morgan fingerprint density at radius 3 is 2.94 bits per heavy atom. The summed E-state index contributed by atoms with van der Waals surface area (Å²) < 4.78 is 2.95. The van der Waals surface area contributed by atoms with Crippen molar-refractivity contribution in [1.82, 2.24) is 9.78 Å². The third-order valence-corrected chi connectivity index (χ3v) is 3.59. The number of nitrogens with one attached hydrogen (secondary N) is 1. The lowest BCUT2D eigenvalue weighted by atomic mass is 10.2. The van der Waals surface area contributed by atoms with Crippen LogP contribution in [0.5, 0.6) is 0 Å². The van der Waals surface area contributed by atoms with Gasteiger partial charge in [0.25, 0.3) is 0 Å². The van der Waals surface area contributed by atoms with Gasteiger partial charge in [-0.2, -0.15) is 5.10 Å². The number of hydrogen-bond acceptors (Lipinski definition) is 3. The van der Waals surface area contributed by atoms with E-state index in [9.17, 15) is 0 Å². The summed E-state index contributed by atoms with van der Waals surface area (Å²) in [5.74, 6) is 0. The zero-order chi connectivity index (χ0) is 11.5. The monoisotopic (exact) mass is 299 g/mol. The van der Waals surface area contributed by atoms with Crippen molar-refractivity contribution in [2.75, 3.05) is 5.32 Å². The van der Waals surface area contributed by atoms with Crippen LogP contribution in [0, 0.1) is 6.92 Å². The summed E-state index contributed by atoms with van der Waals surface area (Å²) in [6, 6.07) is 0.361. The molecule has 5 heteroatoms. The van der Waals surface area contributed by atoms with E-state index in [-0.39, 0.29) is 0 Å². The zero-order valence-electron chi connectivity index (χ0n) is 9.27. The van der Waals surface area contributed by atoms with Gasteiger partial charge in [-0.25, -0.2) is 0 Å². The molecule has 2 rings (SSSR count). The molecule has 16 heavy (non-hydrogen) atoms. The largest absolute Gasteiger partial charge is 0.380 e. The molecule has 86 valence electrons. The maximum absolute atomic E-state index is 4.24. The Morgan fingerprint density at radius 1 is 1.56 bits per heavy atom. The highest BCUT2D eigenvalue weighted by Crippen LogP contribution is 2.20. The minimum absolute atomic E-state index is 0.361. The van der Waals surface area contributed by atoms with Crippen LogP contribution in [-0.2, 0) is 6.54 Å². The third kappa shape index (κ3) is 2.86. The van der Waals surface area contributed by atoms with Crippen molar-refractivity contribution in [2.45, 2.75) is 26.4 Å². The number of nitrogens with zero attached hydrogens (tertiary/aromatic N) is 2. The van der Waals surface area contributed by atoms with Crippen molar-refractivity contribution in [3.63, 3.8) is 0 Å². The van der Waals surface area contributed by atoms with Crippen molar-refractivity contribution in [3.05, 3.63) is 33.2 Å². The smallest absolute Gasteiger partial charge is 0.0632 e. The molecule has 0 amide bonds. The molecule has 0 aromatic carbocycles. The topological polar surface area (TPSA) is 29.9 Å². The van der Waals surface area contributed by atoms with E-state index < -0.39 is 0 Å². The van der Waals surface area contributed by atoms with E-state index >= 15 is 0 Å². The molecular formula is C11H14BrN3S. The first-order valence-corrected chi connectivity index (χ1v) is 6.86. The van der Waals surface area contributed by atoms with Crippen LogP contribution in [0.15, 0.2) is 27.6 Å². The maximum Gasteiger partial charge on any atom is 0.0632 e. The Hall–Kier alpha value is -0.810. The van der Waals surface area contributed by atoms with Crippen LogP contribution in [0.4, 0.5) is 5.69 Å². The number of aryl methyl sites for hydroxylation is 1. The van der Waals surface area contributed by atoms with Gasteiger partial charge in [0.15, 0.2) is 0 Å². The molecule has 2 aromatic rings. The summed E-state index contributed by atoms with van der Waals surface area (Å²) in [5, 5.41) is 12.0. The normalized spacial score (nSPS) is 12.7. The number of thiophene rings is 1. The molecule has 0 saturated carbocycles. The van der Waals surface area contributed by atoms with Crippen LogP contribution in [0.3, 0.4) is 0 Å². The molecule has 0 radical (unpaired) electrons. The number of aromatic nitrogens is 2. The van der Waals surface area contributed by atoms with Crippen LogP contribution in [0.2, 0.25) is 0 Å². The second-order valence-electron chi connectivity index (χ2n) is 3.89. The molecule has 1 N–H and O–H groups in total. The van der Waals surface area contributed by atoms with Crippen LogP contribution in [-0.4, -0.2) is 15.8 Å². The molecule has 1 unspecified atom stereocenters. The second kappa shape index (κ2) is 5.01. The summed E-state index contributed by atoms with van der Waals surface area (Å²) in [7, 11) is 0. The molecule has 0 aliphatic rings. The Morgan fingerprint density at radius 2 is 2.38 bits per heavy atom. The Kier molecular flexibility index (Phi) is 3.66. The molecule has 1 atom stereocenters. The quantitative estimate of drug-likeness (QED) is 0.936. The van der Waals surface area contributed by atoms with E-state index in [1.165, 1.54) is 11.3 Å². The highest BCUT2D eigenvalue weighted by atomic mass is 79.9. The molecule has 3 nitrogen and oxygen atoms in total. The summed E-state index contributed by atoms with van der Waals surface area (Å²) >= 11 is 5.12. The van der Waals surface area contributed by atoms with Crippen LogP contribution < -0.4 is 5.32 Å². The summed E-state index contributed by atoms with van der Waals surface area (Å²) in [6.45, 7) is 5.14. The van der Waals surface area contributed by atoms with Gasteiger partial charge >= 0.3 is 0 Å². The van der Waals surface area contributed by atoms with E-state index in [1.807, 2.05) is 17.1 Å². The first-order valence-electron chi connectivity index (χ1n) is 5.12. The van der Waals surface area contributed by atoms with E-state index in [1.54, 1.807) is 11.3 Å². The second-order valence-corrected chi connectivity index (χ2v) is 5.55. The van der Waals surface area contributed by atoms with E-state index in [4.69, 9.17) is 0 Å². The van der Waals surface area contributed by atoms with Crippen molar-refractivity contribution in [1.29, 1.82) is 0 Å². The predicted molar refractivity (Wildman–Crippen MR) is 72.1 cm³/mol. The highest BCUT2D eigenvalue weighted by Gasteiger charge is 2.06. The molecular weight excluding hydrogens is 286 g/mol. The standard InChI is InChI=1S/C11H14BrN3S/c1-8-6-16-7-11(8)14-9(2)4-15-5-10(12)3-13-15/h3,5-7,9,14H,4H2,1-2H3. The molecule has 2 heterocycles. The zero-order valence-corrected chi connectivity index (χ0v) is 11.7. The Labute approximate surface area is 108 Å². The molecule has 0 bridgehead atoms. The summed E-state index contributed by atoms with van der Waals surface area (Å²) in [4.78, 5) is 0. The van der Waals surface area contributed by atoms with E-state index in [0.29, 0.717) is 6.04 Å². The van der Waals surface area contributed by atoms with Gasteiger partial charge in [-0.15, -0.1) is 11.3 Å². The Bertz CT molecular complexity index is 463. The summed E-state index contributed by atoms with van der Waals surface area (Å²) in [5.41, 5.74) is 2.53. The average Bonchev–Trinajstić information content (AvgIpc) is 2.77. The lowest BCUT2D eigenvalue weighted by Crippen LogP contribution is -2.22. The van der Waals surface area contributed by atoms with Gasteiger partial charge in [0.05, 0.1) is 17.2 Å². The first-order chi connectivity index (χ1) is 7.65. The molecule has 0 saturated heterocycles. The minimum Gasteiger partial charge on any atom is -0.380 e. The summed E-state index contributed by atoms with van der Waals surface area (Å²) in [6.07, 6.45) is 3.79. The van der Waals surface area contributed by atoms with Gasteiger partial charge in [-0.3, -0.25) is 4.68 Å². The van der Waals surface area contributed by atoms with Crippen molar-refractivity contribution >= 4 is 33.0 Å². The number of hydrogen-bond donors (Lipinski definition) is 1. The SMILES string of the molecule is Cc1cscc1NC(C)Cn1cc(Br)cn1. The number of rotatable bonds is 4. The Balaban J connectivity index is 1.94. The molecule has 0 aliphatic heterocycles. The van der Waals surface area contributed by atoms with Crippen LogP contribution >= 0.6 is 27.3 Å². The molecule has 0 aliphatic carbocycles. The maximum atomic E-state index is 4.24. The van der Waals surface area contributed by atoms with Gasteiger partial charge in [-0.1, -0.05) is 0 Å². The van der Waals surface area contributed by atoms with Gasteiger partial charge in [0.1, 0.15) is 0 Å². The highest BCUT2D eigenvalue weighted by molar-refractivity contribution is 9.10. The van der Waals surface area contributed by atoms with Crippen molar-refractivity contribution in [2.24, 2.45) is 0 Å². The minimum atomic E-state index is 0.361. The fourth-order valence-electron chi connectivity index (χ4n) is 1.54. The van der Waals surface area contributed by atoms with Gasteiger partial charge in [0, 0.05) is 23.3 Å². The molecule has 2 aromatic heterocycles. The number of halogens is 1. The van der Waals surface area contributed by atoms with Gasteiger partial charge < -0.3 is 5.32 Å². The van der Waals surface area contributed by atoms with Gasteiger partial charge in [-0.05, 0) is 40.7 Å². The lowest BCUT2D eigenvalue weighted by molar-refractivity contribution is 0.560. The first kappa shape index (κ1) is 11.7. The van der Waals surface area contributed by atoms with E-state index in [2.05, 4.69) is 51.0 Å². The third-order valence-electron chi connectivity index (χ3n) is 2.32. The van der Waals surface area contributed by atoms with Crippen LogP contribution in [0.25, 0.3) is 0 Å². The fourth-order valence-corrected chi connectivity index (χ4v) is 2.66. The average molecular weight is 300 g/mol. The van der Waals surface area contributed by atoms with E-state index in [0.717, 1.165) is 11.0 Å². The van der Waals surface area contributed by atoms with Crippen LogP contribution in [0.1, 0.15) is 12.5 Å².